The van der Waals surface area contributed by atoms with Crippen LogP contribution in [0.3, 0.4) is 0 Å². The number of hydrogen-bond donors (Lipinski definition) is 1. The van der Waals surface area contributed by atoms with E-state index in [4.69, 9.17) is 14.2 Å². The van der Waals surface area contributed by atoms with Gasteiger partial charge in [0.25, 0.3) is 0 Å². The van der Waals surface area contributed by atoms with Crippen LogP contribution in [0.1, 0.15) is 39.2 Å². The molecule has 2 rings (SSSR count). The first-order valence-corrected chi connectivity index (χ1v) is 11.0. The summed E-state index contributed by atoms with van der Waals surface area (Å²) < 4.78 is 15.3. The first-order valence-electron chi connectivity index (χ1n) is 11.0. The predicted octanol–water partition coefficient (Wildman–Crippen LogP) is 2.28. The van der Waals surface area contributed by atoms with Crippen molar-refractivity contribution in [2.75, 3.05) is 26.3 Å². The number of likely N-dealkylation sites (tertiary alicyclic amines) is 1. The molecule has 2 atom stereocenters. The average molecular weight is 449 g/mol. The van der Waals surface area contributed by atoms with Gasteiger partial charge in [-0.3, -0.25) is 14.4 Å². The van der Waals surface area contributed by atoms with Gasteiger partial charge >= 0.3 is 18.0 Å². The molecule has 2 amide bonds. The lowest BCUT2D eigenvalue weighted by Crippen LogP contribution is -2.48. The largest absolute Gasteiger partial charge is 0.465 e. The summed E-state index contributed by atoms with van der Waals surface area (Å²) in [5.74, 6) is -3.22. The molecule has 1 aromatic carbocycles. The second kappa shape index (κ2) is 12.7. The lowest BCUT2D eigenvalue weighted by Gasteiger charge is -2.32. The van der Waals surface area contributed by atoms with Crippen LogP contribution in [0.25, 0.3) is 0 Å². The molecule has 176 valence electrons. The standard InChI is InChI=1S/C23H32N2O7/c1-4-30-21(27)20(22(28)31-5-2)16(3)18-12-9-13-25(18)19(26)14-24-23(29)32-15-17-10-7-6-8-11-17/h6-8,10-11,16,18,20H,4-5,9,12-15H2,1-3H3,(H,24,29). The molecule has 9 heteroatoms. The van der Waals surface area contributed by atoms with Gasteiger partial charge in [0.05, 0.1) is 13.2 Å². The number of benzene rings is 1. The number of esters is 2. The summed E-state index contributed by atoms with van der Waals surface area (Å²) in [6, 6.07) is 8.87. The second-order valence-electron chi connectivity index (χ2n) is 7.55. The topological polar surface area (TPSA) is 111 Å². The highest BCUT2D eigenvalue weighted by molar-refractivity contribution is 5.95. The van der Waals surface area contributed by atoms with E-state index >= 15 is 0 Å². The van der Waals surface area contributed by atoms with Crippen LogP contribution in [0.15, 0.2) is 30.3 Å². The molecule has 0 saturated carbocycles. The van der Waals surface area contributed by atoms with Gasteiger partial charge in [-0.05, 0) is 32.3 Å². The minimum absolute atomic E-state index is 0.102. The van der Waals surface area contributed by atoms with Crippen LogP contribution < -0.4 is 5.32 Å². The maximum absolute atomic E-state index is 12.8. The fourth-order valence-electron chi connectivity index (χ4n) is 3.88. The Balaban J connectivity index is 1.94. The van der Waals surface area contributed by atoms with Crippen LogP contribution in [0.2, 0.25) is 0 Å². The first-order chi connectivity index (χ1) is 15.4. The molecule has 1 fully saturated rings. The van der Waals surface area contributed by atoms with Gasteiger partial charge in [0, 0.05) is 18.5 Å². The molecule has 0 spiro atoms. The molecule has 9 nitrogen and oxygen atoms in total. The number of carbonyl (C=O) groups excluding carboxylic acids is 4. The SMILES string of the molecule is CCOC(=O)C(C(=O)OCC)C(C)C1CCCN1C(=O)CNC(=O)OCc1ccccc1. The van der Waals surface area contributed by atoms with Crippen LogP contribution in [0.5, 0.6) is 0 Å². The van der Waals surface area contributed by atoms with Crippen molar-refractivity contribution in [3.05, 3.63) is 35.9 Å². The van der Waals surface area contributed by atoms with Crippen molar-refractivity contribution in [3.63, 3.8) is 0 Å². The third-order valence-electron chi connectivity index (χ3n) is 5.43. The fourth-order valence-corrected chi connectivity index (χ4v) is 3.88. The zero-order chi connectivity index (χ0) is 23.5. The molecule has 0 radical (unpaired) electrons. The molecule has 1 saturated heterocycles. The van der Waals surface area contributed by atoms with Crippen LogP contribution in [0.4, 0.5) is 4.79 Å². The Morgan fingerprint density at radius 3 is 2.25 bits per heavy atom. The summed E-state index contributed by atoms with van der Waals surface area (Å²) in [6.45, 7) is 5.71. The molecule has 32 heavy (non-hydrogen) atoms. The Bertz CT molecular complexity index is 766. The summed E-state index contributed by atoms with van der Waals surface area (Å²) in [5.41, 5.74) is 0.839. The Hall–Kier alpha value is -3.10. The highest BCUT2D eigenvalue weighted by Gasteiger charge is 2.43. The van der Waals surface area contributed by atoms with Gasteiger partial charge in [0.15, 0.2) is 5.92 Å². The normalized spacial score (nSPS) is 16.4. The van der Waals surface area contributed by atoms with Crippen molar-refractivity contribution in [1.82, 2.24) is 10.2 Å². The third kappa shape index (κ3) is 6.96. The second-order valence-corrected chi connectivity index (χ2v) is 7.55. The van der Waals surface area contributed by atoms with E-state index in [1.54, 1.807) is 25.7 Å². The smallest absolute Gasteiger partial charge is 0.407 e. The van der Waals surface area contributed by atoms with E-state index in [2.05, 4.69) is 5.32 Å². The molecule has 1 N–H and O–H groups in total. The molecular weight excluding hydrogens is 416 g/mol. The number of carbonyl (C=O) groups is 4. The summed E-state index contributed by atoms with van der Waals surface area (Å²) in [5, 5.41) is 2.47. The number of hydrogen-bond acceptors (Lipinski definition) is 7. The number of nitrogens with zero attached hydrogens (tertiary/aromatic N) is 1. The minimum atomic E-state index is -1.11. The van der Waals surface area contributed by atoms with E-state index < -0.39 is 29.9 Å². The van der Waals surface area contributed by atoms with Crippen molar-refractivity contribution in [1.29, 1.82) is 0 Å². The molecule has 0 bridgehead atoms. The Morgan fingerprint density at radius 2 is 1.66 bits per heavy atom. The van der Waals surface area contributed by atoms with Gasteiger partial charge in [-0.15, -0.1) is 0 Å². The van der Waals surface area contributed by atoms with E-state index in [1.807, 2.05) is 30.3 Å². The highest BCUT2D eigenvalue weighted by atomic mass is 16.6. The number of ether oxygens (including phenoxy) is 3. The van der Waals surface area contributed by atoms with E-state index in [0.29, 0.717) is 13.0 Å². The predicted molar refractivity (Wildman–Crippen MR) is 115 cm³/mol. The van der Waals surface area contributed by atoms with E-state index in [-0.39, 0.29) is 38.3 Å². The van der Waals surface area contributed by atoms with Crippen molar-refractivity contribution in [2.24, 2.45) is 11.8 Å². The van der Waals surface area contributed by atoms with Crippen LogP contribution >= 0.6 is 0 Å². The van der Waals surface area contributed by atoms with Crippen molar-refractivity contribution < 1.29 is 33.4 Å². The summed E-state index contributed by atoms with van der Waals surface area (Å²) in [6.07, 6.45) is 0.681. The van der Waals surface area contributed by atoms with E-state index in [0.717, 1.165) is 12.0 Å². The van der Waals surface area contributed by atoms with Crippen molar-refractivity contribution in [2.45, 2.75) is 46.3 Å². The maximum atomic E-state index is 12.8. The Kier molecular flexibility index (Phi) is 9.97. The molecular formula is C23H32N2O7. The zero-order valence-electron chi connectivity index (χ0n) is 18.9. The van der Waals surface area contributed by atoms with E-state index in [9.17, 15) is 19.2 Å². The Morgan fingerprint density at radius 1 is 1.03 bits per heavy atom. The van der Waals surface area contributed by atoms with Gasteiger partial charge in [-0.25, -0.2) is 4.79 Å². The van der Waals surface area contributed by atoms with Gasteiger partial charge in [-0.2, -0.15) is 0 Å². The number of alkyl carbamates (subject to hydrolysis) is 1. The molecule has 0 aromatic heterocycles. The number of amides is 2. The lowest BCUT2D eigenvalue weighted by atomic mass is 9.86. The molecule has 2 unspecified atom stereocenters. The minimum Gasteiger partial charge on any atom is -0.465 e. The van der Waals surface area contributed by atoms with E-state index in [1.165, 1.54) is 0 Å². The van der Waals surface area contributed by atoms with Gasteiger partial charge in [0.2, 0.25) is 5.91 Å². The molecule has 1 aliphatic heterocycles. The average Bonchev–Trinajstić information content (AvgIpc) is 3.27. The van der Waals surface area contributed by atoms with Crippen LogP contribution in [-0.4, -0.2) is 61.2 Å². The molecule has 1 aliphatic rings. The number of nitrogens with one attached hydrogen (secondary N) is 1. The lowest BCUT2D eigenvalue weighted by molar-refractivity contribution is -0.166. The van der Waals surface area contributed by atoms with Crippen molar-refractivity contribution in [3.8, 4) is 0 Å². The zero-order valence-corrected chi connectivity index (χ0v) is 18.9. The maximum Gasteiger partial charge on any atom is 0.407 e. The highest BCUT2D eigenvalue weighted by Crippen LogP contribution is 2.30. The molecule has 1 aromatic rings. The van der Waals surface area contributed by atoms with Gasteiger partial charge in [0.1, 0.15) is 13.2 Å². The summed E-state index contributed by atoms with van der Waals surface area (Å²) >= 11 is 0. The van der Waals surface area contributed by atoms with Gasteiger partial charge < -0.3 is 24.4 Å². The fraction of sp³-hybridized carbons (Fsp3) is 0.565. The number of rotatable bonds is 10. The van der Waals surface area contributed by atoms with Crippen molar-refractivity contribution >= 4 is 23.9 Å². The summed E-state index contributed by atoms with van der Waals surface area (Å²) in [4.78, 5) is 51.2. The Labute approximate surface area is 188 Å². The van der Waals surface area contributed by atoms with Crippen LogP contribution in [0, 0.1) is 11.8 Å². The van der Waals surface area contributed by atoms with Gasteiger partial charge in [-0.1, -0.05) is 37.3 Å². The first kappa shape index (κ1) is 25.2. The molecule has 0 aliphatic carbocycles. The molecule has 1 heterocycles. The summed E-state index contributed by atoms with van der Waals surface area (Å²) in [7, 11) is 0. The monoisotopic (exact) mass is 448 g/mol. The van der Waals surface area contributed by atoms with Crippen LogP contribution in [-0.2, 0) is 35.2 Å². The quantitative estimate of drug-likeness (QED) is 0.332. The third-order valence-corrected chi connectivity index (χ3v) is 5.43.